The second-order valence-electron chi connectivity index (χ2n) is 6.56. The van der Waals surface area contributed by atoms with Gasteiger partial charge in [0.1, 0.15) is 17.5 Å². The number of amides is 1. The van der Waals surface area contributed by atoms with Crippen LogP contribution in [0.5, 0.6) is 0 Å². The largest absolute Gasteiger partial charge is 0.384 e. The molecule has 1 amide bonds. The van der Waals surface area contributed by atoms with Crippen molar-refractivity contribution >= 4 is 5.91 Å². The number of nitrogens with zero attached hydrogens (tertiary/aromatic N) is 2. The number of pyridine rings is 1. The molecule has 1 aromatic heterocycles. The third kappa shape index (κ3) is 2.81. The molecule has 1 aliphatic carbocycles. The Balaban J connectivity index is 2.02. The molecule has 1 saturated heterocycles. The Bertz CT molecular complexity index is 743. The van der Waals surface area contributed by atoms with Crippen molar-refractivity contribution in [3.63, 3.8) is 0 Å². The summed E-state index contributed by atoms with van der Waals surface area (Å²) in [4.78, 5) is 16.1. The van der Waals surface area contributed by atoms with Gasteiger partial charge in [-0.2, -0.15) is 0 Å². The molecule has 2 aliphatic rings. The summed E-state index contributed by atoms with van der Waals surface area (Å²) in [5.41, 5.74) is -4.39. The summed E-state index contributed by atoms with van der Waals surface area (Å²) in [6.45, 7) is -1.37. The molecule has 0 radical (unpaired) electrons. The van der Waals surface area contributed by atoms with Crippen LogP contribution < -0.4 is 0 Å². The van der Waals surface area contributed by atoms with E-state index in [-0.39, 0.29) is 0 Å². The van der Waals surface area contributed by atoms with Gasteiger partial charge in [-0.15, -0.1) is 0 Å². The third-order valence-electron chi connectivity index (χ3n) is 4.85. The fraction of sp³-hybridized carbons (Fsp3) is 0.600. The van der Waals surface area contributed by atoms with Crippen LogP contribution in [-0.4, -0.2) is 50.9 Å². The van der Waals surface area contributed by atoms with Gasteiger partial charge in [-0.05, 0) is 18.6 Å². The van der Waals surface area contributed by atoms with E-state index >= 15 is 0 Å². The molecule has 0 unspecified atom stereocenters. The lowest BCUT2D eigenvalue weighted by Gasteiger charge is -2.36. The number of hydrogen-bond acceptors (Lipinski definition) is 3. The van der Waals surface area contributed by atoms with Crippen molar-refractivity contribution < 1.29 is 40.6 Å². The van der Waals surface area contributed by atoms with Crippen molar-refractivity contribution in [2.75, 3.05) is 6.54 Å². The highest BCUT2D eigenvalue weighted by molar-refractivity contribution is 5.93. The number of carbonyl (C=O) groups is 1. The molecule has 1 saturated carbocycles. The van der Waals surface area contributed by atoms with E-state index in [0.29, 0.717) is 17.0 Å². The van der Waals surface area contributed by atoms with E-state index < -0.39 is 78.8 Å². The predicted octanol–water partition coefficient (Wildman–Crippen LogP) is 3.17. The lowest BCUT2D eigenvalue weighted by atomic mass is 9.89. The van der Waals surface area contributed by atoms with Crippen LogP contribution in [0.3, 0.4) is 0 Å². The van der Waals surface area contributed by atoms with Crippen LogP contribution in [0.4, 0.5) is 30.7 Å². The van der Waals surface area contributed by atoms with Crippen LogP contribution in [0.2, 0.25) is 0 Å². The highest BCUT2D eigenvalue weighted by Gasteiger charge is 2.69. The van der Waals surface area contributed by atoms with Gasteiger partial charge in [0.25, 0.3) is 24.2 Å². The Morgan fingerprint density at radius 3 is 2.42 bits per heavy atom. The number of aliphatic hydroxyl groups excluding tert-OH is 1. The lowest BCUT2D eigenvalue weighted by molar-refractivity contribution is -0.102. The van der Waals surface area contributed by atoms with Crippen molar-refractivity contribution in [3.8, 4) is 0 Å². The lowest BCUT2D eigenvalue weighted by Crippen LogP contribution is -2.53. The summed E-state index contributed by atoms with van der Waals surface area (Å²) >= 11 is 0. The van der Waals surface area contributed by atoms with Crippen LogP contribution in [0.25, 0.3) is 0 Å². The number of rotatable bonds is 2. The molecule has 1 aromatic rings. The Morgan fingerprint density at radius 1 is 1.23 bits per heavy atom. The monoisotopic (exact) mass is 386 g/mol. The zero-order valence-electron chi connectivity index (χ0n) is 13.0. The predicted molar refractivity (Wildman–Crippen MR) is 72.7 cm³/mol. The minimum atomic E-state index is -3.86. The van der Waals surface area contributed by atoms with E-state index in [0.717, 1.165) is 0 Å². The van der Waals surface area contributed by atoms with Gasteiger partial charge in [0.05, 0.1) is 12.1 Å². The number of likely N-dealkylation sites (tertiary alicyclic amines) is 1. The topological polar surface area (TPSA) is 53.4 Å². The number of carbonyl (C=O) groups excluding carboxylic acids is 1. The summed E-state index contributed by atoms with van der Waals surface area (Å²) in [6.07, 6.45) is -8.50. The molecule has 2 atom stereocenters. The summed E-state index contributed by atoms with van der Waals surface area (Å²) in [7, 11) is 0. The zero-order valence-corrected chi connectivity index (χ0v) is 13.0. The number of aromatic nitrogens is 1. The van der Waals surface area contributed by atoms with Crippen LogP contribution >= 0.6 is 0 Å². The molecular formula is C15H13F7N2O2. The molecule has 0 aromatic carbocycles. The van der Waals surface area contributed by atoms with E-state index in [2.05, 4.69) is 4.98 Å². The number of alkyl halides is 6. The second kappa shape index (κ2) is 5.80. The first-order valence-electron chi connectivity index (χ1n) is 7.60. The molecule has 2 heterocycles. The SMILES string of the molecule is O=C(c1ccc(F)c(C(F)F)n1)N1CC(F)(F)[C@H](O)[C@@]12CCC(F)(F)C2. The quantitative estimate of drug-likeness (QED) is 0.795. The minimum absolute atomic E-state index is 0.355. The van der Waals surface area contributed by atoms with E-state index in [9.17, 15) is 40.6 Å². The smallest absolute Gasteiger partial charge is 0.292 e. The van der Waals surface area contributed by atoms with Crippen molar-refractivity contribution in [1.82, 2.24) is 9.88 Å². The molecular weight excluding hydrogens is 373 g/mol. The first-order chi connectivity index (χ1) is 11.9. The van der Waals surface area contributed by atoms with Gasteiger partial charge in [0, 0.05) is 12.8 Å². The highest BCUT2D eigenvalue weighted by atomic mass is 19.3. The first kappa shape index (κ1) is 18.9. The molecule has 1 N–H and O–H groups in total. The second-order valence-corrected chi connectivity index (χ2v) is 6.56. The normalized spacial score (nSPS) is 29.7. The summed E-state index contributed by atoms with van der Waals surface area (Å²) in [5.74, 6) is -9.97. The van der Waals surface area contributed by atoms with Gasteiger partial charge < -0.3 is 10.0 Å². The summed E-state index contributed by atoms with van der Waals surface area (Å²) < 4.78 is 94.1. The molecule has 1 aliphatic heterocycles. The van der Waals surface area contributed by atoms with Crippen molar-refractivity contribution in [2.45, 2.75) is 49.2 Å². The average molecular weight is 386 g/mol. The van der Waals surface area contributed by atoms with E-state index in [1.54, 1.807) is 0 Å². The number of aliphatic hydroxyl groups is 1. The molecule has 3 rings (SSSR count). The third-order valence-corrected chi connectivity index (χ3v) is 4.85. The molecule has 2 fully saturated rings. The van der Waals surface area contributed by atoms with Gasteiger partial charge in [0.2, 0.25) is 0 Å². The molecule has 1 spiro atoms. The maximum atomic E-state index is 14.0. The van der Waals surface area contributed by atoms with Crippen LogP contribution in [0.1, 0.15) is 41.9 Å². The minimum Gasteiger partial charge on any atom is -0.384 e. The molecule has 26 heavy (non-hydrogen) atoms. The van der Waals surface area contributed by atoms with Crippen molar-refractivity contribution in [3.05, 3.63) is 29.3 Å². The van der Waals surface area contributed by atoms with Crippen LogP contribution in [0, 0.1) is 5.82 Å². The summed E-state index contributed by atoms with van der Waals surface area (Å²) in [5, 5.41) is 9.91. The molecule has 144 valence electrons. The van der Waals surface area contributed by atoms with Gasteiger partial charge in [0.15, 0.2) is 5.82 Å². The fourth-order valence-corrected chi connectivity index (χ4v) is 3.63. The van der Waals surface area contributed by atoms with E-state index in [1.807, 2.05) is 0 Å². The van der Waals surface area contributed by atoms with Gasteiger partial charge >= 0.3 is 0 Å². The number of hydrogen-bond donors (Lipinski definition) is 1. The maximum Gasteiger partial charge on any atom is 0.292 e. The standard InChI is InChI=1S/C15H13F7N2O2/c16-7-1-2-8(23-9(7)10(17)18)11(25)24-6-15(21,22)12(26)13(24)3-4-14(19,20)5-13/h1-2,10,12,26H,3-6H2/t12-,13+/m1/s1. The Morgan fingerprint density at radius 2 is 1.88 bits per heavy atom. The highest BCUT2D eigenvalue weighted by Crippen LogP contribution is 2.54. The first-order valence-corrected chi connectivity index (χ1v) is 7.60. The van der Waals surface area contributed by atoms with Gasteiger partial charge in [-0.3, -0.25) is 4.79 Å². The zero-order chi connectivity index (χ0) is 19.5. The summed E-state index contributed by atoms with van der Waals surface area (Å²) in [6, 6.07) is 1.22. The number of halogens is 7. The Labute approximate surface area is 142 Å². The van der Waals surface area contributed by atoms with Gasteiger partial charge in [-0.1, -0.05) is 0 Å². The Hall–Kier alpha value is -1.91. The van der Waals surface area contributed by atoms with Crippen molar-refractivity contribution in [1.29, 1.82) is 0 Å². The average Bonchev–Trinajstić information content (AvgIpc) is 2.96. The van der Waals surface area contributed by atoms with Gasteiger partial charge in [-0.25, -0.2) is 35.7 Å². The van der Waals surface area contributed by atoms with Crippen molar-refractivity contribution in [2.24, 2.45) is 0 Å². The fourth-order valence-electron chi connectivity index (χ4n) is 3.63. The molecule has 4 nitrogen and oxygen atoms in total. The van der Waals surface area contributed by atoms with E-state index in [1.165, 1.54) is 0 Å². The van der Waals surface area contributed by atoms with E-state index in [4.69, 9.17) is 0 Å². The Kier molecular flexibility index (Phi) is 4.21. The molecule has 0 bridgehead atoms. The van der Waals surface area contributed by atoms with Crippen LogP contribution in [0.15, 0.2) is 12.1 Å². The van der Waals surface area contributed by atoms with Crippen LogP contribution in [-0.2, 0) is 0 Å². The maximum absolute atomic E-state index is 14.0. The molecule has 11 heteroatoms.